The van der Waals surface area contributed by atoms with Gasteiger partial charge in [0.25, 0.3) is 0 Å². The first-order valence-corrected chi connectivity index (χ1v) is 5.87. The van der Waals surface area contributed by atoms with Crippen molar-refractivity contribution >= 4 is 22.5 Å². The van der Waals surface area contributed by atoms with Gasteiger partial charge in [-0.05, 0) is 29.8 Å². The predicted octanol–water partition coefficient (Wildman–Crippen LogP) is 3.74. The van der Waals surface area contributed by atoms with Crippen molar-refractivity contribution in [2.24, 2.45) is 0 Å². The summed E-state index contributed by atoms with van der Waals surface area (Å²) in [5.74, 6) is 0.668. The van der Waals surface area contributed by atoms with Gasteiger partial charge in [-0.3, -0.25) is 0 Å². The topological polar surface area (TPSA) is 9.23 Å². The van der Waals surface area contributed by atoms with Crippen molar-refractivity contribution in [2.75, 3.05) is 12.5 Å². The van der Waals surface area contributed by atoms with Crippen LogP contribution in [-0.2, 0) is 4.74 Å². The molecule has 0 amide bonds. The van der Waals surface area contributed by atoms with Crippen LogP contribution in [0.15, 0.2) is 47.4 Å². The molecule has 0 heterocycles. The zero-order valence-electron chi connectivity index (χ0n) is 8.48. The fraction of sp³-hybridized carbons (Fsp3) is 0.154. The fourth-order valence-corrected chi connectivity index (χ4v) is 2.14. The summed E-state index contributed by atoms with van der Waals surface area (Å²) < 4.78 is 5.20. The fourth-order valence-electron chi connectivity index (χ4n) is 1.43. The molecule has 0 unspecified atom stereocenters. The molecule has 0 fully saturated rings. The Morgan fingerprint density at radius 3 is 2.67 bits per heavy atom. The van der Waals surface area contributed by atoms with Crippen LogP contribution < -0.4 is 0 Å². The molecule has 0 saturated carbocycles. The summed E-state index contributed by atoms with van der Waals surface area (Å²) in [6, 6.07) is 14.8. The second-order valence-electron chi connectivity index (χ2n) is 3.18. The number of ether oxygens (including phenoxy) is 1. The van der Waals surface area contributed by atoms with E-state index in [1.54, 1.807) is 11.8 Å². The largest absolute Gasteiger partial charge is 0.370 e. The lowest BCUT2D eigenvalue weighted by Gasteiger charge is -2.03. The average Bonchev–Trinajstić information content (AvgIpc) is 2.29. The highest BCUT2D eigenvalue weighted by molar-refractivity contribution is 7.99. The Bertz CT molecular complexity index is 439. The number of rotatable bonds is 4. The van der Waals surface area contributed by atoms with Crippen LogP contribution in [-0.4, -0.2) is 12.5 Å². The van der Waals surface area contributed by atoms with Crippen molar-refractivity contribution < 1.29 is 4.74 Å². The second-order valence-corrected chi connectivity index (χ2v) is 4.18. The zero-order chi connectivity index (χ0) is 10.5. The van der Waals surface area contributed by atoms with E-state index in [2.05, 4.69) is 49.4 Å². The average molecular weight is 217 g/mol. The number of benzene rings is 2. The molecule has 0 N–H and O–H groups in total. The van der Waals surface area contributed by atoms with E-state index in [1.807, 2.05) is 0 Å². The summed E-state index contributed by atoms with van der Waals surface area (Å²) in [6.45, 7) is 4.16. The Balaban J connectivity index is 2.16. The van der Waals surface area contributed by atoms with Gasteiger partial charge in [-0.1, -0.05) is 42.1 Å². The first kappa shape index (κ1) is 10.5. The maximum Gasteiger partial charge on any atom is 0.0966 e. The minimum atomic E-state index is 0.528. The van der Waals surface area contributed by atoms with Crippen molar-refractivity contribution in [3.63, 3.8) is 0 Å². The molecule has 2 aromatic carbocycles. The quantitative estimate of drug-likeness (QED) is 0.438. The molecular formula is C13H13OS. The standard InChI is InChI=1S/C13H13OS/c1-2-14-10-15-13-8-7-11-5-3-4-6-12(11)9-13/h3-9H,1-2,10H2. The summed E-state index contributed by atoms with van der Waals surface area (Å²) in [7, 11) is 0. The minimum Gasteiger partial charge on any atom is -0.370 e. The van der Waals surface area contributed by atoms with Crippen molar-refractivity contribution in [1.82, 2.24) is 0 Å². The molecule has 0 saturated heterocycles. The highest BCUT2D eigenvalue weighted by atomic mass is 32.2. The summed E-state index contributed by atoms with van der Waals surface area (Å²) in [6.07, 6.45) is 0. The van der Waals surface area contributed by atoms with E-state index < -0.39 is 0 Å². The first-order chi connectivity index (χ1) is 7.40. The van der Waals surface area contributed by atoms with Crippen molar-refractivity contribution in [2.45, 2.75) is 4.90 Å². The molecular weight excluding hydrogens is 204 g/mol. The number of hydrogen-bond acceptors (Lipinski definition) is 2. The molecule has 2 heteroatoms. The molecule has 15 heavy (non-hydrogen) atoms. The Morgan fingerprint density at radius 1 is 1.07 bits per heavy atom. The van der Waals surface area contributed by atoms with Gasteiger partial charge >= 0.3 is 0 Å². The van der Waals surface area contributed by atoms with Gasteiger partial charge in [0, 0.05) is 11.5 Å². The van der Waals surface area contributed by atoms with E-state index in [0.717, 1.165) is 0 Å². The van der Waals surface area contributed by atoms with Crippen LogP contribution in [0.1, 0.15) is 0 Å². The van der Waals surface area contributed by atoms with Gasteiger partial charge in [0.15, 0.2) is 0 Å². The van der Waals surface area contributed by atoms with Gasteiger partial charge in [-0.25, -0.2) is 0 Å². The van der Waals surface area contributed by atoms with Crippen LogP contribution >= 0.6 is 11.8 Å². The lowest BCUT2D eigenvalue weighted by atomic mass is 10.1. The summed E-state index contributed by atoms with van der Waals surface area (Å²) in [5, 5.41) is 2.55. The monoisotopic (exact) mass is 217 g/mol. The van der Waals surface area contributed by atoms with E-state index in [1.165, 1.54) is 15.7 Å². The third-order valence-electron chi connectivity index (χ3n) is 2.17. The molecule has 0 atom stereocenters. The minimum absolute atomic E-state index is 0.528. The van der Waals surface area contributed by atoms with Gasteiger partial charge in [-0.15, -0.1) is 0 Å². The predicted molar refractivity (Wildman–Crippen MR) is 66.0 cm³/mol. The lowest BCUT2D eigenvalue weighted by molar-refractivity contribution is 0.215. The van der Waals surface area contributed by atoms with E-state index in [9.17, 15) is 0 Å². The Morgan fingerprint density at radius 2 is 1.87 bits per heavy atom. The van der Waals surface area contributed by atoms with Gasteiger partial charge in [0.2, 0.25) is 0 Å². The molecule has 0 bridgehead atoms. The van der Waals surface area contributed by atoms with Crippen LogP contribution in [0.2, 0.25) is 0 Å². The summed E-state index contributed by atoms with van der Waals surface area (Å²) in [5.41, 5.74) is 0. The molecule has 0 aliphatic carbocycles. The molecule has 0 spiro atoms. The maximum atomic E-state index is 5.20. The molecule has 1 radical (unpaired) electrons. The number of hydrogen-bond donors (Lipinski definition) is 0. The van der Waals surface area contributed by atoms with Crippen molar-refractivity contribution in [3.8, 4) is 0 Å². The molecule has 1 nitrogen and oxygen atoms in total. The summed E-state index contributed by atoms with van der Waals surface area (Å²) >= 11 is 1.70. The highest BCUT2D eigenvalue weighted by Crippen LogP contribution is 2.23. The van der Waals surface area contributed by atoms with E-state index >= 15 is 0 Å². The highest BCUT2D eigenvalue weighted by Gasteiger charge is 1.96. The molecule has 0 aromatic heterocycles. The van der Waals surface area contributed by atoms with Crippen molar-refractivity contribution in [1.29, 1.82) is 0 Å². The smallest absolute Gasteiger partial charge is 0.0966 e. The normalized spacial score (nSPS) is 10.7. The third kappa shape index (κ3) is 2.74. The van der Waals surface area contributed by atoms with Crippen molar-refractivity contribution in [3.05, 3.63) is 49.4 Å². The molecule has 2 rings (SSSR count). The molecule has 77 valence electrons. The van der Waals surface area contributed by atoms with Crippen LogP contribution in [0.25, 0.3) is 10.8 Å². The van der Waals surface area contributed by atoms with Gasteiger partial charge < -0.3 is 4.74 Å². The van der Waals surface area contributed by atoms with Gasteiger partial charge in [0.05, 0.1) is 5.94 Å². The van der Waals surface area contributed by atoms with Crippen LogP contribution in [0, 0.1) is 6.92 Å². The Kier molecular flexibility index (Phi) is 3.64. The molecule has 2 aromatic rings. The third-order valence-corrected chi connectivity index (χ3v) is 3.05. The lowest BCUT2D eigenvalue weighted by Crippen LogP contribution is -1.87. The molecule has 0 aliphatic rings. The van der Waals surface area contributed by atoms with Crippen LogP contribution in [0.3, 0.4) is 0 Å². The maximum absolute atomic E-state index is 5.20. The van der Waals surface area contributed by atoms with Crippen LogP contribution in [0.5, 0.6) is 0 Å². The van der Waals surface area contributed by atoms with Gasteiger partial charge in [-0.2, -0.15) is 0 Å². The van der Waals surface area contributed by atoms with Crippen LogP contribution in [0.4, 0.5) is 0 Å². The number of fused-ring (bicyclic) bond motifs is 1. The van der Waals surface area contributed by atoms with E-state index in [-0.39, 0.29) is 0 Å². The SMILES string of the molecule is [CH2]COCSc1ccc2ccccc2c1. The van der Waals surface area contributed by atoms with E-state index in [4.69, 9.17) is 4.74 Å². The Hall–Kier alpha value is -0.990. The number of thioether (sulfide) groups is 1. The first-order valence-electron chi connectivity index (χ1n) is 4.89. The molecule has 0 aliphatic heterocycles. The van der Waals surface area contributed by atoms with E-state index in [0.29, 0.717) is 12.5 Å². The van der Waals surface area contributed by atoms with Gasteiger partial charge in [0.1, 0.15) is 0 Å². The zero-order valence-corrected chi connectivity index (χ0v) is 9.30. The Labute approximate surface area is 94.4 Å². The second kappa shape index (κ2) is 5.19. The summed E-state index contributed by atoms with van der Waals surface area (Å²) in [4.78, 5) is 1.24.